The van der Waals surface area contributed by atoms with Gasteiger partial charge in [0.05, 0.1) is 5.56 Å². The molecule has 0 N–H and O–H groups in total. The summed E-state index contributed by atoms with van der Waals surface area (Å²) < 4.78 is 126. The van der Waals surface area contributed by atoms with Gasteiger partial charge in [0.25, 0.3) is 0 Å². The van der Waals surface area contributed by atoms with Crippen molar-refractivity contribution in [1.82, 2.24) is 0 Å². The average Bonchev–Trinajstić information content (AvgIpc) is 2.75. The Bertz CT molecular complexity index is 1020. The van der Waals surface area contributed by atoms with Crippen LogP contribution in [0.2, 0.25) is 0 Å². The van der Waals surface area contributed by atoms with Crippen molar-refractivity contribution < 1.29 is 44.3 Å². The van der Waals surface area contributed by atoms with E-state index in [2.05, 4.69) is 11.7 Å². The first-order valence-electron chi connectivity index (χ1n) is 10.7. The molecule has 0 atom stereocenters. The Morgan fingerprint density at radius 2 is 1.35 bits per heavy atom. The van der Waals surface area contributed by atoms with Crippen molar-refractivity contribution in [1.29, 1.82) is 0 Å². The van der Waals surface area contributed by atoms with Crippen LogP contribution < -0.4 is 4.74 Å². The number of ether oxygens (including phenoxy) is 1. The second-order valence-corrected chi connectivity index (χ2v) is 8.31. The summed E-state index contributed by atoms with van der Waals surface area (Å²) in [6, 6.07) is 1.85. The van der Waals surface area contributed by atoms with Gasteiger partial charge in [-0.2, -0.15) is 0 Å². The van der Waals surface area contributed by atoms with Crippen LogP contribution in [0.3, 0.4) is 0 Å². The quantitative estimate of drug-likeness (QED) is 0.287. The minimum Gasteiger partial charge on any atom is -0.399 e. The fourth-order valence-corrected chi connectivity index (χ4v) is 4.37. The van der Waals surface area contributed by atoms with E-state index in [1.54, 1.807) is 0 Å². The monoisotopic (exact) mass is 496 g/mol. The fraction of sp³-hybridized carbons (Fsp3) is 0.417. The molecule has 0 aliphatic heterocycles. The Labute approximate surface area is 190 Å². The third-order valence-corrected chi connectivity index (χ3v) is 5.96. The van der Waals surface area contributed by atoms with E-state index >= 15 is 0 Å². The first kappa shape index (κ1) is 26.0. The van der Waals surface area contributed by atoms with Gasteiger partial charge in [0, 0.05) is 5.56 Å². The highest BCUT2D eigenvalue weighted by atomic mass is 19.4. The Kier molecular flexibility index (Phi) is 7.88. The molecule has 0 bridgehead atoms. The Hall–Kier alpha value is -2.65. The van der Waals surface area contributed by atoms with Crippen LogP contribution in [0.5, 0.6) is 5.75 Å². The number of benzene rings is 2. The molecule has 1 aliphatic carbocycles. The highest BCUT2D eigenvalue weighted by molar-refractivity contribution is 5.83. The molecule has 0 amide bonds. The zero-order valence-corrected chi connectivity index (χ0v) is 18.0. The lowest BCUT2D eigenvalue weighted by molar-refractivity contribution is -0.276. The van der Waals surface area contributed by atoms with Crippen molar-refractivity contribution in [3.63, 3.8) is 0 Å². The molecule has 1 aliphatic rings. The zero-order valence-electron chi connectivity index (χ0n) is 18.0. The van der Waals surface area contributed by atoms with E-state index in [-0.39, 0.29) is 18.1 Å². The smallest absolute Gasteiger partial charge is 0.399 e. The van der Waals surface area contributed by atoms with Crippen LogP contribution in [-0.4, -0.2) is 6.36 Å². The van der Waals surface area contributed by atoms with Gasteiger partial charge >= 0.3 is 6.36 Å². The van der Waals surface area contributed by atoms with Crippen LogP contribution >= 0.6 is 0 Å². The number of halogens is 9. The summed E-state index contributed by atoms with van der Waals surface area (Å²) in [5, 5.41) is 0. The molecule has 34 heavy (non-hydrogen) atoms. The van der Waals surface area contributed by atoms with E-state index < -0.39 is 58.2 Å². The first-order valence-corrected chi connectivity index (χ1v) is 10.7. The molecule has 1 nitrogen and oxygen atoms in total. The van der Waals surface area contributed by atoms with Crippen LogP contribution in [0.4, 0.5) is 39.5 Å². The van der Waals surface area contributed by atoms with Crippen LogP contribution in [0.25, 0.3) is 11.7 Å². The molecule has 2 aromatic carbocycles. The molecule has 0 aromatic heterocycles. The van der Waals surface area contributed by atoms with Gasteiger partial charge in [-0.1, -0.05) is 19.8 Å². The third-order valence-electron chi connectivity index (χ3n) is 5.96. The van der Waals surface area contributed by atoms with Gasteiger partial charge in [0.15, 0.2) is 23.3 Å². The van der Waals surface area contributed by atoms with Crippen molar-refractivity contribution in [3.05, 3.63) is 64.2 Å². The second kappa shape index (κ2) is 10.3. The second-order valence-electron chi connectivity index (χ2n) is 8.31. The maximum Gasteiger partial charge on any atom is 0.573 e. The summed E-state index contributed by atoms with van der Waals surface area (Å²) in [4.78, 5) is 0. The van der Waals surface area contributed by atoms with E-state index in [0.717, 1.165) is 37.8 Å². The molecule has 3 rings (SSSR count). The molecule has 1 fully saturated rings. The zero-order chi connectivity index (χ0) is 25.2. The molecular weight excluding hydrogens is 475 g/mol. The molecule has 1 saturated carbocycles. The van der Waals surface area contributed by atoms with Gasteiger partial charge in [0.1, 0.15) is 11.6 Å². The number of hydrogen-bond donors (Lipinski definition) is 0. The lowest BCUT2D eigenvalue weighted by Gasteiger charge is -2.28. The summed E-state index contributed by atoms with van der Waals surface area (Å²) in [6.45, 7) is 2.07. The van der Waals surface area contributed by atoms with Crippen LogP contribution in [0.1, 0.15) is 68.1 Å². The molecule has 0 saturated heterocycles. The number of alkyl halides is 3. The molecule has 0 heterocycles. The molecule has 10 heteroatoms. The van der Waals surface area contributed by atoms with Gasteiger partial charge in [0.2, 0.25) is 5.75 Å². The number of rotatable bonds is 6. The van der Waals surface area contributed by atoms with E-state index in [4.69, 9.17) is 0 Å². The minimum atomic E-state index is -5.44. The van der Waals surface area contributed by atoms with E-state index in [1.807, 2.05) is 0 Å². The summed E-state index contributed by atoms with van der Waals surface area (Å²) in [5.41, 5.74) is -2.27. The summed E-state index contributed by atoms with van der Waals surface area (Å²) in [5.74, 6) is -12.4. The van der Waals surface area contributed by atoms with E-state index in [9.17, 15) is 39.5 Å². The SMILES string of the molecule is CCCC1CCC(c2cc(F)c(/C(F)=C(\F)c3cc(F)c(OC(F)(F)F)c(F)c3)c(F)c2)CC1. The van der Waals surface area contributed by atoms with Crippen molar-refractivity contribution in [3.8, 4) is 5.75 Å². The summed E-state index contributed by atoms with van der Waals surface area (Å²) >= 11 is 0. The van der Waals surface area contributed by atoms with Crippen molar-refractivity contribution >= 4 is 11.7 Å². The fourth-order valence-electron chi connectivity index (χ4n) is 4.37. The highest BCUT2D eigenvalue weighted by Gasteiger charge is 2.34. The molecule has 0 radical (unpaired) electrons. The first-order chi connectivity index (χ1) is 15.9. The topological polar surface area (TPSA) is 9.23 Å². The van der Waals surface area contributed by atoms with E-state index in [1.165, 1.54) is 0 Å². The molecular formula is C24H21F9O. The summed E-state index contributed by atoms with van der Waals surface area (Å²) in [7, 11) is 0. The standard InChI is InChI=1S/C24H21F9O/c1-2-3-12-4-6-13(7-5-12)14-8-16(25)20(17(26)9-14)22(30)21(29)15-10-18(27)23(19(28)11-15)34-24(31,32)33/h8-13H,2-7H2,1H3/b22-21+. The van der Waals surface area contributed by atoms with Crippen LogP contribution in [-0.2, 0) is 0 Å². The van der Waals surface area contributed by atoms with Gasteiger partial charge < -0.3 is 4.74 Å². The molecule has 0 spiro atoms. The lowest BCUT2D eigenvalue weighted by Crippen LogP contribution is -2.19. The van der Waals surface area contributed by atoms with Crippen molar-refractivity contribution in [2.45, 2.75) is 57.7 Å². The highest BCUT2D eigenvalue weighted by Crippen LogP contribution is 2.40. The molecule has 0 unspecified atom stereocenters. The Morgan fingerprint density at radius 3 is 1.82 bits per heavy atom. The Morgan fingerprint density at radius 1 is 0.824 bits per heavy atom. The predicted octanol–water partition coefficient (Wildman–Crippen LogP) is 8.98. The predicted molar refractivity (Wildman–Crippen MR) is 108 cm³/mol. The van der Waals surface area contributed by atoms with Crippen LogP contribution in [0.15, 0.2) is 24.3 Å². The average molecular weight is 496 g/mol. The maximum atomic E-state index is 14.6. The van der Waals surface area contributed by atoms with E-state index in [0.29, 0.717) is 24.3 Å². The van der Waals surface area contributed by atoms with Gasteiger partial charge in [-0.05, 0) is 67.3 Å². The van der Waals surface area contributed by atoms with Crippen molar-refractivity contribution in [2.24, 2.45) is 5.92 Å². The summed E-state index contributed by atoms with van der Waals surface area (Å²) in [6.07, 6.45) is -0.174. The minimum absolute atomic E-state index is 0.0258. The van der Waals surface area contributed by atoms with Crippen LogP contribution in [0, 0.1) is 29.2 Å². The maximum absolute atomic E-state index is 14.6. The third kappa shape index (κ3) is 5.88. The molecule has 2 aromatic rings. The van der Waals surface area contributed by atoms with Gasteiger partial charge in [-0.15, -0.1) is 13.2 Å². The van der Waals surface area contributed by atoms with Crippen molar-refractivity contribution in [2.75, 3.05) is 0 Å². The lowest BCUT2D eigenvalue weighted by atomic mass is 9.77. The number of hydrogen-bond acceptors (Lipinski definition) is 1. The molecule has 186 valence electrons. The normalized spacial score (nSPS) is 19.7. The largest absolute Gasteiger partial charge is 0.573 e. The van der Waals surface area contributed by atoms with Gasteiger partial charge in [-0.25, -0.2) is 26.3 Å². The Balaban J connectivity index is 1.90. The van der Waals surface area contributed by atoms with Gasteiger partial charge in [-0.3, -0.25) is 0 Å².